The maximum absolute atomic E-state index is 11.9. The van der Waals surface area contributed by atoms with Crippen molar-refractivity contribution in [2.75, 3.05) is 19.6 Å². The van der Waals surface area contributed by atoms with Gasteiger partial charge < -0.3 is 14.4 Å². The van der Waals surface area contributed by atoms with Crippen LogP contribution < -0.4 is 5.76 Å². The second kappa shape index (κ2) is 6.51. The summed E-state index contributed by atoms with van der Waals surface area (Å²) in [6.07, 6.45) is 2.10. The van der Waals surface area contributed by atoms with Gasteiger partial charge in [0.05, 0.1) is 16.5 Å². The van der Waals surface area contributed by atoms with E-state index in [9.17, 15) is 20.0 Å². The fourth-order valence-corrected chi connectivity index (χ4v) is 2.97. The molecule has 0 amide bonds. The number of rotatable bonds is 5. The van der Waals surface area contributed by atoms with Crippen molar-refractivity contribution >= 4 is 16.8 Å². The number of hydrogen-bond donors (Lipinski definition) is 1. The van der Waals surface area contributed by atoms with Gasteiger partial charge in [-0.15, -0.1) is 0 Å². The van der Waals surface area contributed by atoms with Gasteiger partial charge in [-0.2, -0.15) is 0 Å². The number of hydrogen-bond acceptors (Lipinski definition) is 6. The third kappa shape index (κ3) is 3.43. The first-order chi connectivity index (χ1) is 11.0. The van der Waals surface area contributed by atoms with E-state index in [1.807, 2.05) is 0 Å². The minimum atomic E-state index is -0.491. The highest BCUT2D eigenvalue weighted by Gasteiger charge is 2.17. The van der Waals surface area contributed by atoms with Crippen LogP contribution >= 0.6 is 0 Å². The molecular weight excluding hydrogens is 302 g/mol. The van der Waals surface area contributed by atoms with Crippen LogP contribution in [0.3, 0.4) is 0 Å². The van der Waals surface area contributed by atoms with Crippen LogP contribution in [0.25, 0.3) is 11.1 Å². The number of oxazole rings is 1. The van der Waals surface area contributed by atoms with Crippen LogP contribution in [-0.4, -0.2) is 45.2 Å². The molecule has 0 aliphatic carbocycles. The number of nitro benzene ring substituents is 1. The quantitative estimate of drug-likeness (QED) is 0.659. The van der Waals surface area contributed by atoms with Gasteiger partial charge >= 0.3 is 5.76 Å². The van der Waals surface area contributed by atoms with Crippen LogP contribution in [0.2, 0.25) is 0 Å². The van der Waals surface area contributed by atoms with E-state index >= 15 is 0 Å². The van der Waals surface area contributed by atoms with Crippen molar-refractivity contribution in [3.05, 3.63) is 38.9 Å². The van der Waals surface area contributed by atoms with Crippen molar-refractivity contribution < 1.29 is 14.4 Å². The summed E-state index contributed by atoms with van der Waals surface area (Å²) in [5.74, 6) is -0.491. The topological polar surface area (TPSA) is 102 Å². The summed E-state index contributed by atoms with van der Waals surface area (Å²) in [6.45, 7) is 2.98. The summed E-state index contributed by atoms with van der Waals surface area (Å²) >= 11 is 0. The average molecular weight is 321 g/mol. The Morgan fingerprint density at radius 3 is 2.74 bits per heavy atom. The molecule has 2 aromatic rings. The molecule has 0 saturated carbocycles. The summed E-state index contributed by atoms with van der Waals surface area (Å²) in [5.41, 5.74) is 0.761. The zero-order chi connectivity index (χ0) is 16.4. The van der Waals surface area contributed by atoms with Crippen molar-refractivity contribution in [3.63, 3.8) is 0 Å². The Hall–Kier alpha value is -2.19. The molecule has 23 heavy (non-hydrogen) atoms. The van der Waals surface area contributed by atoms with E-state index in [-0.39, 0.29) is 11.8 Å². The molecule has 1 aliphatic rings. The van der Waals surface area contributed by atoms with Crippen LogP contribution in [0.1, 0.15) is 19.3 Å². The number of nitro groups is 1. The van der Waals surface area contributed by atoms with Crippen molar-refractivity contribution in [1.82, 2.24) is 9.47 Å². The number of aliphatic hydroxyl groups is 1. The van der Waals surface area contributed by atoms with E-state index in [0.29, 0.717) is 17.6 Å². The fraction of sp³-hybridized carbons (Fsp3) is 0.533. The molecule has 1 aromatic carbocycles. The molecule has 1 saturated heterocycles. The number of aromatic nitrogens is 1. The minimum absolute atomic E-state index is 0.0583. The highest BCUT2D eigenvalue weighted by molar-refractivity contribution is 5.75. The molecule has 8 heteroatoms. The molecule has 0 unspecified atom stereocenters. The van der Waals surface area contributed by atoms with E-state index in [4.69, 9.17) is 4.42 Å². The lowest BCUT2D eigenvalue weighted by Gasteiger charge is -2.29. The van der Waals surface area contributed by atoms with Crippen molar-refractivity contribution in [1.29, 1.82) is 0 Å². The molecule has 0 bridgehead atoms. The van der Waals surface area contributed by atoms with E-state index in [1.165, 1.54) is 22.8 Å². The molecule has 1 aliphatic heterocycles. The van der Waals surface area contributed by atoms with Crippen LogP contribution in [0.15, 0.2) is 27.4 Å². The fourth-order valence-electron chi connectivity index (χ4n) is 2.97. The summed E-state index contributed by atoms with van der Waals surface area (Å²) in [4.78, 5) is 24.6. The molecule has 1 aromatic heterocycles. The first-order valence-corrected chi connectivity index (χ1v) is 7.73. The maximum atomic E-state index is 11.9. The molecule has 8 nitrogen and oxygen atoms in total. The van der Waals surface area contributed by atoms with Gasteiger partial charge in [-0.3, -0.25) is 14.7 Å². The molecule has 0 spiro atoms. The number of benzene rings is 1. The van der Waals surface area contributed by atoms with Crippen LogP contribution in [0.4, 0.5) is 5.69 Å². The number of non-ortho nitro benzene ring substituents is 1. The third-order valence-electron chi connectivity index (χ3n) is 4.27. The number of aryl methyl sites for hydroxylation is 1. The number of nitrogens with zero attached hydrogens (tertiary/aromatic N) is 3. The van der Waals surface area contributed by atoms with Crippen molar-refractivity contribution in [2.24, 2.45) is 0 Å². The standard InChI is InChI=1S/C15H19N3O5/c19-12-4-8-16(9-5-12)6-1-7-17-13-10-11(18(21)22)2-3-14(13)23-15(17)20/h2-3,10,12,19H,1,4-9H2. The predicted octanol–water partition coefficient (Wildman–Crippen LogP) is 1.35. The summed E-state index contributed by atoms with van der Waals surface area (Å²) in [6, 6.07) is 4.16. The van der Waals surface area contributed by atoms with Gasteiger partial charge in [0.1, 0.15) is 0 Å². The lowest BCUT2D eigenvalue weighted by molar-refractivity contribution is -0.384. The van der Waals surface area contributed by atoms with E-state index < -0.39 is 10.7 Å². The van der Waals surface area contributed by atoms with Gasteiger partial charge in [-0.1, -0.05) is 0 Å². The first-order valence-electron chi connectivity index (χ1n) is 7.73. The van der Waals surface area contributed by atoms with Gasteiger partial charge in [-0.25, -0.2) is 4.79 Å². The summed E-state index contributed by atoms with van der Waals surface area (Å²) < 4.78 is 6.57. The van der Waals surface area contributed by atoms with Gasteiger partial charge in [-0.05, 0) is 31.9 Å². The Bertz CT molecular complexity index is 758. The monoisotopic (exact) mass is 321 g/mol. The Morgan fingerprint density at radius 1 is 1.30 bits per heavy atom. The van der Waals surface area contributed by atoms with E-state index in [2.05, 4.69) is 4.90 Å². The largest absolute Gasteiger partial charge is 0.419 e. The van der Waals surface area contributed by atoms with Crippen LogP contribution in [-0.2, 0) is 6.54 Å². The lowest BCUT2D eigenvalue weighted by Crippen LogP contribution is -2.36. The Morgan fingerprint density at radius 2 is 2.04 bits per heavy atom. The molecule has 1 fully saturated rings. The number of piperidine rings is 1. The number of likely N-dealkylation sites (tertiary alicyclic amines) is 1. The van der Waals surface area contributed by atoms with Gasteiger partial charge in [0, 0.05) is 31.8 Å². The van der Waals surface area contributed by atoms with Gasteiger partial charge in [0.15, 0.2) is 5.58 Å². The Balaban J connectivity index is 1.69. The molecule has 124 valence electrons. The van der Waals surface area contributed by atoms with Gasteiger partial charge in [0.2, 0.25) is 0 Å². The highest BCUT2D eigenvalue weighted by atomic mass is 16.6. The SMILES string of the molecule is O=c1oc2ccc([N+](=O)[O-])cc2n1CCCN1CCC(O)CC1. The predicted molar refractivity (Wildman–Crippen MR) is 83.4 cm³/mol. The van der Waals surface area contributed by atoms with Crippen molar-refractivity contribution in [2.45, 2.75) is 31.9 Å². The minimum Gasteiger partial charge on any atom is -0.408 e. The van der Waals surface area contributed by atoms with E-state index in [1.54, 1.807) is 0 Å². The first kappa shape index (κ1) is 15.7. The molecule has 0 atom stereocenters. The zero-order valence-electron chi connectivity index (χ0n) is 12.7. The molecule has 0 radical (unpaired) electrons. The van der Waals surface area contributed by atoms with Crippen molar-refractivity contribution in [3.8, 4) is 0 Å². The lowest BCUT2D eigenvalue weighted by atomic mass is 10.1. The zero-order valence-corrected chi connectivity index (χ0v) is 12.7. The number of aliphatic hydroxyl groups excluding tert-OH is 1. The Kier molecular flexibility index (Phi) is 4.44. The Labute approximate surface area is 132 Å². The van der Waals surface area contributed by atoms with Crippen LogP contribution in [0, 0.1) is 10.1 Å². The van der Waals surface area contributed by atoms with Gasteiger partial charge in [0.25, 0.3) is 5.69 Å². The summed E-state index contributed by atoms with van der Waals surface area (Å²) in [5, 5.41) is 20.4. The van der Waals surface area contributed by atoms with E-state index in [0.717, 1.165) is 38.9 Å². The van der Waals surface area contributed by atoms with Crippen LogP contribution in [0.5, 0.6) is 0 Å². The smallest absolute Gasteiger partial charge is 0.408 e. The number of fused-ring (bicyclic) bond motifs is 1. The molecular formula is C15H19N3O5. The highest BCUT2D eigenvalue weighted by Crippen LogP contribution is 2.20. The second-order valence-corrected chi connectivity index (χ2v) is 5.86. The second-order valence-electron chi connectivity index (χ2n) is 5.86. The third-order valence-corrected chi connectivity index (χ3v) is 4.27. The summed E-state index contributed by atoms with van der Waals surface area (Å²) in [7, 11) is 0. The molecule has 1 N–H and O–H groups in total. The maximum Gasteiger partial charge on any atom is 0.419 e. The molecule has 2 heterocycles. The molecule has 3 rings (SSSR count). The normalized spacial score (nSPS) is 16.9. The average Bonchev–Trinajstić information content (AvgIpc) is 2.84.